The number of nitrogens with one attached hydrogen (secondary N) is 2. The van der Waals surface area contributed by atoms with E-state index in [0.717, 1.165) is 22.0 Å². The van der Waals surface area contributed by atoms with Gasteiger partial charge in [-0.05, 0) is 46.1 Å². The normalized spacial score (nSPS) is 13.4. The Morgan fingerprint density at radius 1 is 0.970 bits per heavy atom. The van der Waals surface area contributed by atoms with Crippen LogP contribution in [0, 0.1) is 0 Å². The van der Waals surface area contributed by atoms with Crippen molar-refractivity contribution in [2.45, 2.75) is 76.7 Å². The number of aliphatic carboxylic acids is 1. The molecule has 3 N–H and O–H groups in total. The second kappa shape index (κ2) is 9.69. The van der Waals surface area contributed by atoms with E-state index in [4.69, 9.17) is 0 Å². The number of aromatic nitrogens is 1. The van der Waals surface area contributed by atoms with Gasteiger partial charge >= 0.3 is 5.97 Å². The summed E-state index contributed by atoms with van der Waals surface area (Å²) in [4.78, 5) is 15.4. The standard InChI is InChI=1S/C26H34N2O4S/c1-15(2)18-11-21(16(3)4)25(22(12-18)17(5)6)33(31,32)28-24(26(29)30)13-19-14-27-23-10-8-7-9-20(19)23/h7-12,14-17,24,27-28H,13H2,1-6H3,(H,29,30)/t24-/m0/s1. The van der Waals surface area contributed by atoms with E-state index in [1.54, 1.807) is 6.20 Å². The number of fused-ring (bicyclic) bond motifs is 1. The summed E-state index contributed by atoms with van der Waals surface area (Å²) in [5.41, 5.74) is 4.15. The number of hydrogen-bond acceptors (Lipinski definition) is 3. The Kier molecular flexibility index (Phi) is 7.34. The molecule has 178 valence electrons. The third kappa shape index (κ3) is 5.31. The van der Waals surface area contributed by atoms with Crippen LogP contribution in [0.5, 0.6) is 0 Å². The first-order chi connectivity index (χ1) is 15.4. The Morgan fingerprint density at radius 2 is 1.55 bits per heavy atom. The van der Waals surface area contributed by atoms with Gasteiger partial charge in [0.05, 0.1) is 4.90 Å². The summed E-state index contributed by atoms with van der Waals surface area (Å²) >= 11 is 0. The molecule has 33 heavy (non-hydrogen) atoms. The van der Waals surface area contributed by atoms with Crippen LogP contribution < -0.4 is 4.72 Å². The van der Waals surface area contributed by atoms with Crippen molar-refractivity contribution in [1.29, 1.82) is 0 Å². The number of rotatable bonds is 9. The second-order valence-corrected chi connectivity index (χ2v) is 11.2. The predicted octanol–water partition coefficient (Wildman–Crippen LogP) is 5.51. The van der Waals surface area contributed by atoms with Crippen molar-refractivity contribution in [3.05, 3.63) is 64.8 Å². The molecule has 0 fully saturated rings. The molecule has 0 amide bonds. The first kappa shape index (κ1) is 25.0. The molecule has 0 saturated heterocycles. The van der Waals surface area contributed by atoms with Gasteiger partial charge in [-0.25, -0.2) is 8.42 Å². The Hall–Kier alpha value is -2.64. The summed E-state index contributed by atoms with van der Waals surface area (Å²) in [5.74, 6) is -1.03. The highest BCUT2D eigenvalue weighted by Gasteiger charge is 2.31. The first-order valence-electron chi connectivity index (χ1n) is 11.4. The Balaban J connectivity index is 2.07. The fraction of sp³-hybridized carbons (Fsp3) is 0.423. The number of carbonyl (C=O) groups is 1. The molecule has 1 aromatic heterocycles. The number of aromatic amines is 1. The predicted molar refractivity (Wildman–Crippen MR) is 132 cm³/mol. The van der Waals surface area contributed by atoms with Gasteiger partial charge < -0.3 is 10.1 Å². The lowest BCUT2D eigenvalue weighted by Crippen LogP contribution is -2.42. The van der Waals surface area contributed by atoms with Crippen molar-refractivity contribution < 1.29 is 18.3 Å². The zero-order chi connectivity index (χ0) is 24.5. The van der Waals surface area contributed by atoms with Crippen molar-refractivity contribution in [2.24, 2.45) is 0 Å². The summed E-state index contributed by atoms with van der Waals surface area (Å²) in [6, 6.07) is 10.2. The van der Waals surface area contributed by atoms with Gasteiger partial charge in [-0.15, -0.1) is 0 Å². The van der Waals surface area contributed by atoms with Crippen molar-refractivity contribution in [3.63, 3.8) is 0 Å². The molecule has 6 nitrogen and oxygen atoms in total. The number of sulfonamides is 1. The third-order valence-electron chi connectivity index (χ3n) is 6.04. The lowest BCUT2D eigenvalue weighted by molar-refractivity contribution is -0.138. The van der Waals surface area contributed by atoms with Gasteiger partial charge in [0.2, 0.25) is 10.0 Å². The molecule has 0 aliphatic heterocycles. The minimum atomic E-state index is -4.10. The third-order valence-corrected chi connectivity index (χ3v) is 7.65. The molecule has 3 aromatic rings. The molecule has 0 unspecified atom stereocenters. The molecule has 1 heterocycles. The number of para-hydroxylation sites is 1. The topological polar surface area (TPSA) is 99.3 Å². The lowest BCUT2D eigenvalue weighted by Gasteiger charge is -2.24. The smallest absolute Gasteiger partial charge is 0.322 e. The molecule has 0 bridgehead atoms. The average Bonchev–Trinajstić information content (AvgIpc) is 3.14. The molecule has 0 aliphatic carbocycles. The van der Waals surface area contributed by atoms with Gasteiger partial charge in [0.15, 0.2) is 0 Å². The van der Waals surface area contributed by atoms with Crippen LogP contribution in [0.3, 0.4) is 0 Å². The highest BCUT2D eigenvalue weighted by Crippen LogP contribution is 2.35. The zero-order valence-corrected chi connectivity index (χ0v) is 21.0. The minimum absolute atomic E-state index is 0.0373. The quantitative estimate of drug-likeness (QED) is 0.384. The Morgan fingerprint density at radius 3 is 2.06 bits per heavy atom. The highest BCUT2D eigenvalue weighted by molar-refractivity contribution is 7.89. The highest BCUT2D eigenvalue weighted by atomic mass is 32.2. The first-order valence-corrected chi connectivity index (χ1v) is 12.9. The van der Waals surface area contributed by atoms with Crippen LogP contribution in [-0.4, -0.2) is 30.5 Å². The molecule has 3 rings (SSSR count). The van der Waals surface area contributed by atoms with E-state index in [0.29, 0.717) is 11.1 Å². The van der Waals surface area contributed by atoms with Crippen molar-refractivity contribution in [1.82, 2.24) is 9.71 Å². The summed E-state index contributed by atoms with van der Waals surface area (Å²) < 4.78 is 29.9. The largest absolute Gasteiger partial charge is 0.480 e. The number of hydrogen-bond donors (Lipinski definition) is 3. The van der Waals surface area contributed by atoms with Gasteiger partial charge in [-0.2, -0.15) is 4.72 Å². The minimum Gasteiger partial charge on any atom is -0.480 e. The number of H-pyrrole nitrogens is 1. The maximum atomic E-state index is 13.7. The molecule has 0 saturated carbocycles. The molecule has 1 atom stereocenters. The van der Waals surface area contributed by atoms with E-state index >= 15 is 0 Å². The summed E-state index contributed by atoms with van der Waals surface area (Å²) in [6.07, 6.45) is 1.78. The van der Waals surface area contributed by atoms with E-state index in [9.17, 15) is 18.3 Å². The molecule has 0 aliphatic rings. The molecule has 0 radical (unpaired) electrons. The van der Waals surface area contributed by atoms with Gasteiger partial charge in [-0.3, -0.25) is 4.79 Å². The molecule has 0 spiro atoms. The Bertz CT molecular complexity index is 1230. The number of carboxylic acid groups (broad SMARTS) is 1. The maximum absolute atomic E-state index is 13.7. The summed E-state index contributed by atoms with van der Waals surface area (Å²) in [5, 5.41) is 10.8. The van der Waals surface area contributed by atoms with Gasteiger partial charge in [0, 0.05) is 23.5 Å². The van der Waals surface area contributed by atoms with Crippen molar-refractivity contribution in [3.8, 4) is 0 Å². The van der Waals surface area contributed by atoms with Crippen LogP contribution in [0.2, 0.25) is 0 Å². The molecular weight excluding hydrogens is 436 g/mol. The molecule has 2 aromatic carbocycles. The van der Waals surface area contributed by atoms with E-state index in [2.05, 4.69) is 23.6 Å². The van der Waals surface area contributed by atoms with Gasteiger partial charge in [0.25, 0.3) is 0 Å². The van der Waals surface area contributed by atoms with Crippen LogP contribution in [0.15, 0.2) is 47.5 Å². The fourth-order valence-corrected chi connectivity index (χ4v) is 6.03. The van der Waals surface area contributed by atoms with Gasteiger partial charge in [-0.1, -0.05) is 71.9 Å². The van der Waals surface area contributed by atoms with Crippen LogP contribution in [0.25, 0.3) is 10.9 Å². The Labute approximate surface area is 196 Å². The summed E-state index contributed by atoms with van der Waals surface area (Å²) in [6.45, 7) is 12.0. The second-order valence-electron chi connectivity index (χ2n) is 9.57. The summed E-state index contributed by atoms with van der Waals surface area (Å²) in [7, 11) is -4.10. The van der Waals surface area contributed by atoms with Crippen LogP contribution in [0.4, 0.5) is 0 Å². The van der Waals surface area contributed by atoms with Crippen LogP contribution >= 0.6 is 0 Å². The maximum Gasteiger partial charge on any atom is 0.322 e. The molecular formula is C26H34N2O4S. The van der Waals surface area contributed by atoms with Crippen molar-refractivity contribution in [2.75, 3.05) is 0 Å². The lowest BCUT2D eigenvalue weighted by atomic mass is 9.89. The van der Waals surface area contributed by atoms with E-state index in [-0.39, 0.29) is 29.1 Å². The van der Waals surface area contributed by atoms with Crippen LogP contribution in [0.1, 0.15) is 81.5 Å². The monoisotopic (exact) mass is 470 g/mol. The SMILES string of the molecule is CC(C)c1cc(C(C)C)c(S(=O)(=O)N[C@@H](Cc2c[nH]c3ccccc23)C(=O)O)c(C(C)C)c1. The molecule has 7 heteroatoms. The number of benzene rings is 2. The van der Waals surface area contributed by atoms with E-state index < -0.39 is 22.0 Å². The number of carboxylic acids is 1. The van der Waals surface area contributed by atoms with E-state index in [1.165, 1.54) is 0 Å². The van der Waals surface area contributed by atoms with Crippen molar-refractivity contribution >= 4 is 26.9 Å². The zero-order valence-electron chi connectivity index (χ0n) is 20.1. The average molecular weight is 471 g/mol. The van der Waals surface area contributed by atoms with Crippen LogP contribution in [-0.2, 0) is 21.2 Å². The fourth-order valence-electron chi connectivity index (χ4n) is 4.15. The van der Waals surface area contributed by atoms with E-state index in [1.807, 2.05) is 64.1 Å². The van der Waals surface area contributed by atoms with Gasteiger partial charge in [0.1, 0.15) is 6.04 Å².